The normalized spacial score (nSPS) is 11.4. The molecule has 0 bridgehead atoms. The summed E-state index contributed by atoms with van der Waals surface area (Å²) in [6, 6.07) is 8.22. The van der Waals surface area contributed by atoms with Gasteiger partial charge >= 0.3 is 0 Å². The summed E-state index contributed by atoms with van der Waals surface area (Å²) in [6.45, 7) is 0. The molecule has 0 radical (unpaired) electrons. The molecular weight excluding hydrogens is 322 g/mol. The lowest BCUT2D eigenvalue weighted by Crippen LogP contribution is -1.95. The Morgan fingerprint density at radius 2 is 2.22 bits per heavy atom. The van der Waals surface area contributed by atoms with Gasteiger partial charge in [-0.15, -0.1) is 0 Å². The molecular formula is C15H10ClN3O4. The number of aromatic nitrogens is 3. The molecule has 0 unspecified atom stereocenters. The van der Waals surface area contributed by atoms with Crippen molar-refractivity contribution >= 4 is 23.1 Å². The fourth-order valence-electron chi connectivity index (χ4n) is 1.76. The van der Waals surface area contributed by atoms with Crippen LogP contribution in [0.3, 0.4) is 0 Å². The predicted molar refractivity (Wildman–Crippen MR) is 81.6 cm³/mol. The number of carbonyl (C=O) groups excluding carboxylic acids is 1. The van der Waals surface area contributed by atoms with E-state index in [1.54, 1.807) is 24.3 Å². The Labute approximate surface area is 135 Å². The second-order valence-electron chi connectivity index (χ2n) is 4.43. The molecule has 1 aromatic carbocycles. The summed E-state index contributed by atoms with van der Waals surface area (Å²) in [6.07, 6.45) is 3.48. The third kappa shape index (κ3) is 3.58. The number of allylic oxidation sites excluding steroid dienone is 1. The molecule has 2 N–H and O–H groups in total. The van der Waals surface area contributed by atoms with Crippen molar-refractivity contribution in [2.75, 3.05) is 0 Å². The maximum Gasteiger partial charge on any atom is 0.224 e. The van der Waals surface area contributed by atoms with Crippen molar-refractivity contribution < 1.29 is 19.1 Å². The Hall–Kier alpha value is -3.06. The highest BCUT2D eigenvalue weighted by molar-refractivity contribution is 6.30. The van der Waals surface area contributed by atoms with E-state index in [1.807, 2.05) is 0 Å². The van der Waals surface area contributed by atoms with Crippen molar-refractivity contribution in [1.82, 2.24) is 15.2 Å². The summed E-state index contributed by atoms with van der Waals surface area (Å²) in [5.74, 6) is 0.0509. The van der Waals surface area contributed by atoms with Crippen LogP contribution in [-0.4, -0.2) is 26.1 Å². The van der Waals surface area contributed by atoms with E-state index in [1.165, 1.54) is 18.7 Å². The second-order valence-corrected chi connectivity index (χ2v) is 4.87. The van der Waals surface area contributed by atoms with Crippen LogP contribution in [0.2, 0.25) is 5.02 Å². The van der Waals surface area contributed by atoms with Gasteiger partial charge < -0.3 is 14.3 Å². The van der Waals surface area contributed by atoms with Crippen LogP contribution in [0.5, 0.6) is 11.5 Å². The molecule has 2 heterocycles. The molecule has 0 atom stereocenters. The van der Waals surface area contributed by atoms with Crippen LogP contribution in [0.25, 0.3) is 5.76 Å². The highest BCUT2D eigenvalue weighted by Crippen LogP contribution is 2.26. The third-order valence-corrected chi connectivity index (χ3v) is 3.01. The van der Waals surface area contributed by atoms with Crippen LogP contribution in [0.15, 0.2) is 53.4 Å². The smallest absolute Gasteiger partial charge is 0.224 e. The molecule has 3 rings (SSSR count). The monoisotopic (exact) mass is 331 g/mol. The summed E-state index contributed by atoms with van der Waals surface area (Å²) < 4.78 is 10.7. The maximum atomic E-state index is 12.0. The molecule has 0 amide bonds. The Morgan fingerprint density at radius 1 is 1.35 bits per heavy atom. The summed E-state index contributed by atoms with van der Waals surface area (Å²) >= 11 is 5.87. The molecule has 7 nitrogen and oxygen atoms in total. The molecule has 0 aliphatic rings. The number of aromatic amines is 1. The lowest BCUT2D eigenvalue weighted by molar-refractivity contribution is 0.102. The number of aliphatic hydroxyl groups is 1. The largest absolute Gasteiger partial charge is 0.504 e. The highest BCUT2D eigenvalue weighted by atomic mass is 35.5. The van der Waals surface area contributed by atoms with E-state index in [0.717, 1.165) is 6.08 Å². The molecule has 0 saturated carbocycles. The predicted octanol–water partition coefficient (Wildman–Crippen LogP) is 3.63. The van der Waals surface area contributed by atoms with Crippen molar-refractivity contribution in [1.29, 1.82) is 0 Å². The minimum absolute atomic E-state index is 0.00749. The van der Waals surface area contributed by atoms with Gasteiger partial charge in [0.15, 0.2) is 23.1 Å². The number of rotatable bonds is 5. The first-order chi connectivity index (χ1) is 11.1. The molecule has 0 spiro atoms. The number of ketones is 1. The van der Waals surface area contributed by atoms with Gasteiger partial charge in [-0.05, 0) is 18.2 Å². The molecule has 2 aromatic heterocycles. The first-order valence-electron chi connectivity index (χ1n) is 6.44. The van der Waals surface area contributed by atoms with E-state index in [9.17, 15) is 9.90 Å². The zero-order valence-electron chi connectivity index (χ0n) is 11.6. The average molecular weight is 332 g/mol. The molecule has 0 aliphatic heterocycles. The number of nitrogens with zero attached hydrogens (tertiary/aromatic N) is 2. The van der Waals surface area contributed by atoms with Crippen molar-refractivity contribution in [3.63, 3.8) is 0 Å². The minimum Gasteiger partial charge on any atom is -0.504 e. The quantitative estimate of drug-likeness (QED) is 0.420. The Kier molecular flexibility index (Phi) is 4.11. The van der Waals surface area contributed by atoms with E-state index in [-0.39, 0.29) is 17.3 Å². The topological polar surface area (TPSA) is 101 Å². The van der Waals surface area contributed by atoms with Crippen LogP contribution in [0.1, 0.15) is 16.4 Å². The third-order valence-electron chi connectivity index (χ3n) is 2.78. The minimum atomic E-state index is -0.542. The van der Waals surface area contributed by atoms with Crippen molar-refractivity contribution in [2.24, 2.45) is 0 Å². The number of carbonyl (C=O) groups is 1. The molecule has 0 saturated heterocycles. The zero-order chi connectivity index (χ0) is 16.2. The molecule has 8 heteroatoms. The molecule has 23 heavy (non-hydrogen) atoms. The van der Waals surface area contributed by atoms with Gasteiger partial charge in [0, 0.05) is 17.2 Å². The summed E-state index contributed by atoms with van der Waals surface area (Å²) in [4.78, 5) is 15.7. The van der Waals surface area contributed by atoms with Gasteiger partial charge in [0.1, 0.15) is 18.3 Å². The SMILES string of the molecule is O=C(C=C(O)c1ncn[nH]1)c1cc(Oc2cccc(Cl)c2)co1. The van der Waals surface area contributed by atoms with Gasteiger partial charge in [-0.1, -0.05) is 17.7 Å². The number of halogens is 1. The van der Waals surface area contributed by atoms with E-state index < -0.39 is 5.78 Å². The van der Waals surface area contributed by atoms with Crippen LogP contribution >= 0.6 is 11.6 Å². The number of hydrogen-bond donors (Lipinski definition) is 2. The molecule has 0 fully saturated rings. The van der Waals surface area contributed by atoms with Gasteiger partial charge in [-0.3, -0.25) is 9.89 Å². The number of hydrogen-bond acceptors (Lipinski definition) is 6. The maximum absolute atomic E-state index is 12.0. The second kappa shape index (κ2) is 6.37. The molecule has 3 aromatic rings. The lowest BCUT2D eigenvalue weighted by atomic mass is 10.2. The van der Waals surface area contributed by atoms with E-state index in [0.29, 0.717) is 16.5 Å². The first-order valence-corrected chi connectivity index (χ1v) is 6.82. The van der Waals surface area contributed by atoms with Crippen LogP contribution in [0, 0.1) is 0 Å². The molecule has 0 aliphatic carbocycles. The number of furan rings is 1. The number of ether oxygens (including phenoxy) is 1. The number of aliphatic hydroxyl groups excluding tert-OH is 1. The van der Waals surface area contributed by atoms with Crippen molar-refractivity contribution in [3.8, 4) is 11.5 Å². The first kappa shape index (κ1) is 14.9. The van der Waals surface area contributed by atoms with Gasteiger partial charge in [-0.25, -0.2) is 4.98 Å². The number of H-pyrrole nitrogens is 1. The van der Waals surface area contributed by atoms with Crippen molar-refractivity contribution in [3.05, 3.63) is 65.6 Å². The van der Waals surface area contributed by atoms with Gasteiger partial charge in [0.05, 0.1) is 0 Å². The summed E-state index contributed by atoms with van der Waals surface area (Å²) in [5.41, 5.74) is 0. The van der Waals surface area contributed by atoms with Crippen LogP contribution in [-0.2, 0) is 0 Å². The van der Waals surface area contributed by atoms with E-state index in [4.69, 9.17) is 20.8 Å². The van der Waals surface area contributed by atoms with Crippen LogP contribution in [0.4, 0.5) is 0 Å². The van der Waals surface area contributed by atoms with Crippen LogP contribution < -0.4 is 4.74 Å². The summed E-state index contributed by atoms with van der Waals surface area (Å²) in [5, 5.41) is 16.3. The molecule has 116 valence electrons. The zero-order valence-corrected chi connectivity index (χ0v) is 12.3. The Bertz CT molecular complexity index is 855. The fourth-order valence-corrected chi connectivity index (χ4v) is 1.94. The average Bonchev–Trinajstić information content (AvgIpc) is 3.18. The number of nitrogens with one attached hydrogen (secondary N) is 1. The number of benzene rings is 1. The highest BCUT2D eigenvalue weighted by Gasteiger charge is 2.13. The Balaban J connectivity index is 1.74. The van der Waals surface area contributed by atoms with Gasteiger partial charge in [-0.2, -0.15) is 5.10 Å². The van der Waals surface area contributed by atoms with E-state index >= 15 is 0 Å². The van der Waals surface area contributed by atoms with Crippen molar-refractivity contribution in [2.45, 2.75) is 0 Å². The van der Waals surface area contributed by atoms with E-state index in [2.05, 4.69) is 15.2 Å². The fraction of sp³-hybridized carbons (Fsp3) is 0. The standard InChI is InChI=1S/C15H10ClN3O4/c16-9-2-1-3-10(4-9)23-11-5-14(22-7-11)12(20)6-13(21)15-17-8-18-19-15/h1-8,21H,(H,17,18,19). The van der Waals surface area contributed by atoms with Gasteiger partial charge in [0.25, 0.3) is 0 Å². The Morgan fingerprint density at radius 3 is 2.96 bits per heavy atom. The summed E-state index contributed by atoms with van der Waals surface area (Å²) in [7, 11) is 0. The van der Waals surface area contributed by atoms with Gasteiger partial charge in [0.2, 0.25) is 5.78 Å². The lowest BCUT2D eigenvalue weighted by Gasteiger charge is -2.01.